The van der Waals surface area contributed by atoms with Crippen LogP contribution in [-0.2, 0) is 36.9 Å². The van der Waals surface area contributed by atoms with Gasteiger partial charge in [0.05, 0.1) is 39.8 Å². The zero-order valence-corrected chi connectivity index (χ0v) is 44.7. The van der Waals surface area contributed by atoms with Crippen LogP contribution in [0.1, 0.15) is 129 Å². The number of aryl methyl sites for hydroxylation is 2. The third kappa shape index (κ3) is 25.9. The van der Waals surface area contributed by atoms with Gasteiger partial charge >= 0.3 is 0 Å². The van der Waals surface area contributed by atoms with Crippen molar-refractivity contribution >= 4 is 64.9 Å². The first-order valence-electron chi connectivity index (χ1n) is 24.0. The summed E-state index contributed by atoms with van der Waals surface area (Å²) in [5.74, 6) is -0.536. The van der Waals surface area contributed by atoms with Gasteiger partial charge in [-0.2, -0.15) is 0 Å². The number of pyridine rings is 2. The largest absolute Gasteiger partial charge is 0.397 e. The Labute approximate surface area is 425 Å². The van der Waals surface area contributed by atoms with E-state index >= 15 is 4.39 Å². The van der Waals surface area contributed by atoms with Gasteiger partial charge in [0.25, 0.3) is 0 Å². The Balaban J connectivity index is 0. The number of hydrogen-bond donors (Lipinski definition) is 7. The second-order valence-corrected chi connectivity index (χ2v) is 17.7. The highest BCUT2D eigenvalue weighted by Gasteiger charge is 2.27. The fraction of sp³-hybridized carbons (Fsp3) is 0.472. The molecule has 0 radical (unpaired) electrons. The van der Waals surface area contributed by atoms with Crippen molar-refractivity contribution in [2.75, 3.05) is 31.6 Å². The molecule has 1 aliphatic rings. The summed E-state index contributed by atoms with van der Waals surface area (Å²) >= 11 is 1.70. The number of amides is 4. The summed E-state index contributed by atoms with van der Waals surface area (Å²) in [6.45, 7) is 22.2. The lowest BCUT2D eigenvalue weighted by atomic mass is 9.92. The molecule has 71 heavy (non-hydrogen) atoms. The Morgan fingerprint density at radius 1 is 0.901 bits per heavy atom. The van der Waals surface area contributed by atoms with Crippen molar-refractivity contribution in [1.29, 1.82) is 0 Å². The molecule has 6 rings (SSSR count). The number of β-amino-alcohol motifs (C(OH)–C–C–N with tert-alkyl or cyclic N) is 1. The smallest absolute Gasteiger partial charge is 0.223 e. The molecule has 16 nitrogen and oxygen atoms in total. The number of nitrogens with two attached hydrogens (primary N) is 5. The molecule has 1 atom stereocenters. The Morgan fingerprint density at radius 3 is 1.99 bits per heavy atom. The van der Waals surface area contributed by atoms with Gasteiger partial charge < -0.3 is 48.8 Å². The van der Waals surface area contributed by atoms with Gasteiger partial charge in [0.1, 0.15) is 6.79 Å². The summed E-state index contributed by atoms with van der Waals surface area (Å²) in [5.41, 5.74) is 34.5. The van der Waals surface area contributed by atoms with Gasteiger partial charge in [0.2, 0.25) is 24.6 Å². The molecular formula is C53H83FN10O6S. The average Bonchev–Trinajstić information content (AvgIpc) is 4.00. The maximum absolute atomic E-state index is 15.0. The molecule has 1 saturated heterocycles. The Bertz CT molecular complexity index is 2270. The van der Waals surface area contributed by atoms with E-state index in [0.717, 1.165) is 86.8 Å². The maximum atomic E-state index is 15.0. The van der Waals surface area contributed by atoms with Crippen molar-refractivity contribution in [2.24, 2.45) is 22.6 Å². The Kier molecular flexibility index (Phi) is 36.1. The lowest BCUT2D eigenvalue weighted by Crippen LogP contribution is -2.32. The van der Waals surface area contributed by atoms with Crippen molar-refractivity contribution in [1.82, 2.24) is 25.2 Å². The number of carbonyl (C=O) groups is 5. The quantitative estimate of drug-likeness (QED) is 0.0313. The first-order chi connectivity index (χ1) is 33.9. The molecule has 12 N–H and O–H groups in total. The Morgan fingerprint density at radius 2 is 1.48 bits per heavy atom. The van der Waals surface area contributed by atoms with Crippen LogP contribution in [0.15, 0.2) is 60.5 Å². The van der Waals surface area contributed by atoms with Crippen LogP contribution in [0, 0.1) is 25.1 Å². The van der Waals surface area contributed by atoms with E-state index in [1.165, 1.54) is 16.0 Å². The number of nitrogen functional groups attached to an aromatic ring is 2. The predicted molar refractivity (Wildman–Crippen MR) is 290 cm³/mol. The Hall–Kier alpha value is -6.37. The summed E-state index contributed by atoms with van der Waals surface area (Å²) in [5, 5.41) is 13.9. The highest BCUT2D eigenvalue weighted by molar-refractivity contribution is 7.13. The number of aromatic nitrogens is 3. The lowest BCUT2D eigenvalue weighted by molar-refractivity contribution is -0.132. The first kappa shape index (κ1) is 66.7. The molecule has 18 heteroatoms. The standard InChI is InChI=1S/C24H30FN5O.C12H14N2S.C10H19NO2.2C2H6.2CH3NO.CH2O/c1-15-19(12-29-14-21(15)26)18-11-16-10-17(30-13-20(16)24(28)23(18)25)8-6-4-2-3-5-7-9-22(27)31;1-9-12(15-8-14-9)11-5-3-10(4-6-11)7-13-2;1-10(2,3)6-9(13)11-5-4-8(12)7-11;2*1-2;2*2-1-3;1-2/h10-14H,2-9,26,28H2,1H3,(H2,27,31);3-6,8,13H,7H2,1-2H3;8,12H,4-7H2,1-3H3;2*1-2H3;2*1H,(H2,2,3);1H2. The summed E-state index contributed by atoms with van der Waals surface area (Å²) in [6.07, 6.45) is 13.9. The fourth-order valence-corrected chi connectivity index (χ4v) is 7.70. The SMILES string of the molecule is C=O.CC.CC.CC(C)(C)CC(=O)N1CCC(O)C1.CNCc1ccc(-c2scnc2C)cc1.Cc1c(N)cncc1-c1cc2cc(CCCCCCCCC(N)=O)ncc2c(N)c1F.NC=O.NC=O. The van der Waals surface area contributed by atoms with E-state index in [-0.39, 0.29) is 41.8 Å². The number of nitrogens with zero attached hydrogens (tertiary/aromatic N) is 4. The number of nitrogens with one attached hydrogen (secondary N) is 1. The summed E-state index contributed by atoms with van der Waals surface area (Å²) < 4.78 is 15.0. The van der Waals surface area contributed by atoms with Crippen LogP contribution in [-0.4, -0.2) is 82.6 Å². The van der Waals surface area contributed by atoms with Crippen LogP contribution >= 0.6 is 11.3 Å². The van der Waals surface area contributed by atoms with Crippen molar-refractivity contribution in [3.8, 4) is 21.6 Å². The molecule has 0 bridgehead atoms. The van der Waals surface area contributed by atoms with Gasteiger partial charge in [-0.3, -0.25) is 29.1 Å². The van der Waals surface area contributed by atoms with Crippen LogP contribution in [0.4, 0.5) is 15.8 Å². The van der Waals surface area contributed by atoms with Crippen LogP contribution in [0.5, 0.6) is 0 Å². The van der Waals surface area contributed by atoms with Crippen molar-refractivity contribution in [3.63, 3.8) is 0 Å². The highest BCUT2D eigenvalue weighted by atomic mass is 32.1. The summed E-state index contributed by atoms with van der Waals surface area (Å²) in [6, 6.07) is 12.4. The van der Waals surface area contributed by atoms with Crippen molar-refractivity contribution in [2.45, 2.75) is 139 Å². The third-order valence-corrected chi connectivity index (χ3v) is 11.2. The molecule has 394 valence electrons. The van der Waals surface area contributed by atoms with Crippen LogP contribution < -0.4 is 34.0 Å². The minimum atomic E-state index is -0.478. The zero-order valence-electron chi connectivity index (χ0n) is 43.9. The van der Waals surface area contributed by atoms with Gasteiger partial charge in [0.15, 0.2) is 5.82 Å². The molecule has 1 unspecified atom stereocenters. The monoisotopic (exact) mass is 1010 g/mol. The fourth-order valence-electron chi connectivity index (χ4n) is 6.89. The first-order valence-corrected chi connectivity index (χ1v) is 24.8. The number of carbonyl (C=O) groups excluding carboxylic acids is 5. The minimum absolute atomic E-state index is 0.0463. The van der Waals surface area contributed by atoms with E-state index in [1.807, 2.05) is 67.0 Å². The second-order valence-electron chi connectivity index (χ2n) is 16.8. The van der Waals surface area contributed by atoms with Crippen LogP contribution in [0.25, 0.3) is 32.3 Å². The molecule has 2 aromatic carbocycles. The zero-order chi connectivity index (χ0) is 54.5. The van der Waals surface area contributed by atoms with Gasteiger partial charge in [-0.25, -0.2) is 9.37 Å². The van der Waals surface area contributed by atoms with Gasteiger partial charge in [0, 0.05) is 67.1 Å². The number of likely N-dealkylation sites (tertiary alicyclic amines) is 1. The number of halogens is 1. The van der Waals surface area contributed by atoms with E-state index in [2.05, 4.69) is 76.8 Å². The number of aliphatic hydroxyl groups excluding tert-OH is 1. The maximum Gasteiger partial charge on any atom is 0.223 e. The molecule has 5 aromatic rings. The number of unbranched alkanes of at least 4 members (excludes halogenated alkanes) is 5. The lowest BCUT2D eigenvalue weighted by Gasteiger charge is -2.22. The number of primary amides is 3. The minimum Gasteiger partial charge on any atom is -0.397 e. The average molecular weight is 1010 g/mol. The molecule has 0 saturated carbocycles. The number of anilines is 2. The highest BCUT2D eigenvalue weighted by Crippen LogP contribution is 2.36. The predicted octanol–water partition coefficient (Wildman–Crippen LogP) is 8.59. The molecular weight excluding hydrogens is 924 g/mol. The molecule has 0 aliphatic carbocycles. The molecule has 4 heterocycles. The molecule has 4 amide bonds. The van der Waals surface area contributed by atoms with Gasteiger partial charge in [-0.15, -0.1) is 11.3 Å². The normalized spacial score (nSPS) is 12.0. The number of rotatable bonds is 14. The topological polar surface area (TPSA) is 290 Å². The number of hydrogen-bond acceptors (Lipinski definition) is 13. The van der Waals surface area contributed by atoms with Crippen molar-refractivity contribution < 1.29 is 33.5 Å². The van der Waals surface area contributed by atoms with E-state index < -0.39 is 5.82 Å². The molecule has 0 spiro atoms. The number of aliphatic hydroxyl groups is 1. The summed E-state index contributed by atoms with van der Waals surface area (Å²) in [7, 11) is 1.96. The van der Waals surface area contributed by atoms with E-state index in [1.54, 1.807) is 40.9 Å². The molecule has 3 aromatic heterocycles. The third-order valence-electron chi connectivity index (χ3n) is 10.2. The summed E-state index contributed by atoms with van der Waals surface area (Å²) in [4.78, 5) is 63.4. The number of thiazole rings is 1. The van der Waals surface area contributed by atoms with Crippen LogP contribution in [0.2, 0.25) is 0 Å². The molecule has 1 fully saturated rings. The van der Waals surface area contributed by atoms with E-state index in [4.69, 9.17) is 31.6 Å². The van der Waals surface area contributed by atoms with E-state index in [0.29, 0.717) is 41.6 Å². The number of benzene rings is 2. The van der Waals surface area contributed by atoms with Crippen LogP contribution in [0.3, 0.4) is 0 Å². The number of fused-ring (bicyclic) bond motifs is 1. The van der Waals surface area contributed by atoms with Gasteiger partial charge in [-0.1, -0.05) is 98.4 Å². The van der Waals surface area contributed by atoms with E-state index in [9.17, 15) is 14.7 Å². The van der Waals surface area contributed by atoms with Gasteiger partial charge in [-0.05, 0) is 86.2 Å². The molecule has 1 aliphatic heterocycles. The van der Waals surface area contributed by atoms with Crippen molar-refractivity contribution in [3.05, 3.63) is 88.8 Å². The second kappa shape index (κ2) is 38.4.